The van der Waals surface area contributed by atoms with Gasteiger partial charge in [0.05, 0.1) is 7.11 Å². The van der Waals surface area contributed by atoms with Gasteiger partial charge in [0, 0.05) is 30.9 Å². The lowest BCUT2D eigenvalue weighted by Crippen LogP contribution is -2.30. The summed E-state index contributed by atoms with van der Waals surface area (Å²) in [4.78, 5) is 25.6. The van der Waals surface area contributed by atoms with Gasteiger partial charge in [0.1, 0.15) is 5.75 Å². The Morgan fingerprint density at radius 2 is 1.50 bits per heavy atom. The summed E-state index contributed by atoms with van der Waals surface area (Å²) < 4.78 is 5.13. The number of hydrogen-bond donors (Lipinski definition) is 2. The van der Waals surface area contributed by atoms with Crippen LogP contribution in [0.25, 0.3) is 0 Å². The number of ether oxygens (including phenoxy) is 1. The zero-order valence-corrected chi connectivity index (χ0v) is 15.6. The zero-order valence-electron chi connectivity index (χ0n) is 15.6. The van der Waals surface area contributed by atoms with Gasteiger partial charge in [-0.1, -0.05) is 26.0 Å². The third kappa shape index (κ3) is 5.51. The maximum absolute atomic E-state index is 12.3. The van der Waals surface area contributed by atoms with Gasteiger partial charge in [-0.15, -0.1) is 0 Å². The first-order valence-corrected chi connectivity index (χ1v) is 8.45. The van der Waals surface area contributed by atoms with E-state index in [0.717, 1.165) is 11.3 Å². The van der Waals surface area contributed by atoms with Crippen LogP contribution in [0.5, 0.6) is 5.75 Å². The topological polar surface area (TPSA) is 70.7 Å². The fourth-order valence-electron chi connectivity index (χ4n) is 2.22. The number of methoxy groups -OCH3 is 1. The molecule has 2 aromatic carbocycles. The molecule has 0 unspecified atom stereocenters. The van der Waals surface area contributed by atoms with Gasteiger partial charge in [-0.05, 0) is 42.0 Å². The summed E-state index contributed by atoms with van der Waals surface area (Å²) in [5.41, 5.74) is 2.38. The molecule has 0 radical (unpaired) electrons. The van der Waals surface area contributed by atoms with Gasteiger partial charge in [0.2, 0.25) is 5.91 Å². The van der Waals surface area contributed by atoms with Crippen LogP contribution >= 0.6 is 0 Å². The second-order valence-corrected chi connectivity index (χ2v) is 6.36. The Morgan fingerprint density at radius 1 is 0.962 bits per heavy atom. The van der Waals surface area contributed by atoms with Crippen molar-refractivity contribution >= 4 is 23.3 Å². The van der Waals surface area contributed by atoms with Crippen LogP contribution in [0, 0.1) is 5.92 Å². The van der Waals surface area contributed by atoms with Gasteiger partial charge in [0.15, 0.2) is 0 Å². The Morgan fingerprint density at radius 3 is 2.00 bits per heavy atom. The molecule has 6 nitrogen and oxygen atoms in total. The number of amides is 3. The summed E-state index contributed by atoms with van der Waals surface area (Å²) >= 11 is 0. The molecule has 0 fully saturated rings. The molecule has 2 rings (SSSR count). The first kappa shape index (κ1) is 19.3. The third-order valence-corrected chi connectivity index (χ3v) is 3.85. The molecule has 0 spiro atoms. The summed E-state index contributed by atoms with van der Waals surface area (Å²) in [6.45, 7) is 4.16. The van der Waals surface area contributed by atoms with Gasteiger partial charge in [0.25, 0.3) is 0 Å². The summed E-state index contributed by atoms with van der Waals surface area (Å²) in [6.07, 6.45) is 0. The smallest absolute Gasteiger partial charge is 0.321 e. The molecule has 2 aromatic rings. The van der Waals surface area contributed by atoms with Gasteiger partial charge in [-0.2, -0.15) is 0 Å². The SMILES string of the molecule is COc1ccc(CN(C)C(=O)Nc2ccc(NC(=O)C(C)C)cc2)cc1. The number of hydrogen-bond acceptors (Lipinski definition) is 3. The highest BCUT2D eigenvalue weighted by Gasteiger charge is 2.10. The number of anilines is 2. The molecule has 0 atom stereocenters. The largest absolute Gasteiger partial charge is 0.497 e. The summed E-state index contributed by atoms with van der Waals surface area (Å²) in [6, 6.07) is 14.4. The van der Waals surface area contributed by atoms with Crippen LogP contribution in [0.15, 0.2) is 48.5 Å². The second kappa shape index (κ2) is 8.89. The molecule has 3 amide bonds. The number of nitrogens with zero attached hydrogens (tertiary/aromatic N) is 1. The van der Waals surface area contributed by atoms with Crippen LogP contribution in [0.4, 0.5) is 16.2 Å². The van der Waals surface area contributed by atoms with Gasteiger partial charge in [-0.25, -0.2) is 4.79 Å². The predicted molar refractivity (Wildman–Crippen MR) is 103 cm³/mol. The first-order chi connectivity index (χ1) is 12.4. The minimum atomic E-state index is -0.209. The number of benzene rings is 2. The number of rotatable bonds is 6. The molecule has 0 bridgehead atoms. The van der Waals surface area contributed by atoms with E-state index in [1.165, 1.54) is 0 Å². The summed E-state index contributed by atoms with van der Waals surface area (Å²) in [5, 5.41) is 5.65. The number of carbonyl (C=O) groups excluding carboxylic acids is 2. The van der Waals surface area contributed by atoms with Crippen LogP contribution in [0.3, 0.4) is 0 Å². The van der Waals surface area contributed by atoms with E-state index in [1.54, 1.807) is 43.3 Å². The molecule has 0 aliphatic carbocycles. The second-order valence-electron chi connectivity index (χ2n) is 6.36. The van der Waals surface area contributed by atoms with E-state index in [9.17, 15) is 9.59 Å². The number of urea groups is 1. The lowest BCUT2D eigenvalue weighted by Gasteiger charge is -2.18. The fourth-order valence-corrected chi connectivity index (χ4v) is 2.22. The minimum Gasteiger partial charge on any atom is -0.497 e. The fraction of sp³-hybridized carbons (Fsp3) is 0.300. The van der Waals surface area contributed by atoms with E-state index in [2.05, 4.69) is 10.6 Å². The molecule has 26 heavy (non-hydrogen) atoms. The van der Waals surface area contributed by atoms with Crippen LogP contribution in [-0.2, 0) is 11.3 Å². The highest BCUT2D eigenvalue weighted by atomic mass is 16.5. The van der Waals surface area contributed by atoms with Crippen LogP contribution in [-0.4, -0.2) is 31.0 Å². The maximum Gasteiger partial charge on any atom is 0.321 e. The molecule has 0 saturated heterocycles. The van der Waals surface area contributed by atoms with E-state index < -0.39 is 0 Å². The molecular formula is C20H25N3O3. The van der Waals surface area contributed by atoms with Crippen molar-refractivity contribution in [1.82, 2.24) is 4.90 Å². The van der Waals surface area contributed by atoms with E-state index in [0.29, 0.717) is 17.9 Å². The normalized spacial score (nSPS) is 10.3. The molecule has 138 valence electrons. The Kier molecular flexibility index (Phi) is 6.60. The van der Waals surface area contributed by atoms with Crippen LogP contribution < -0.4 is 15.4 Å². The van der Waals surface area contributed by atoms with E-state index in [-0.39, 0.29) is 17.9 Å². The first-order valence-electron chi connectivity index (χ1n) is 8.45. The molecule has 6 heteroatoms. The molecule has 0 saturated carbocycles. The molecule has 0 aliphatic heterocycles. The van der Waals surface area contributed by atoms with Crippen molar-refractivity contribution in [2.45, 2.75) is 20.4 Å². The lowest BCUT2D eigenvalue weighted by molar-refractivity contribution is -0.118. The highest BCUT2D eigenvalue weighted by molar-refractivity contribution is 5.93. The Labute approximate surface area is 154 Å². The standard InChI is InChI=1S/C20H25N3O3/c1-14(2)19(24)21-16-7-9-17(10-8-16)22-20(25)23(3)13-15-5-11-18(26-4)12-6-15/h5-12,14H,13H2,1-4H3,(H,21,24)(H,22,25). The van der Waals surface area contributed by atoms with Crippen molar-refractivity contribution in [2.75, 3.05) is 24.8 Å². The number of carbonyl (C=O) groups is 2. The van der Waals surface area contributed by atoms with Crippen LogP contribution in [0.2, 0.25) is 0 Å². The van der Waals surface area contributed by atoms with Gasteiger partial charge >= 0.3 is 6.03 Å². The monoisotopic (exact) mass is 355 g/mol. The summed E-state index contributed by atoms with van der Waals surface area (Å²) in [5.74, 6) is 0.660. The molecule has 2 N–H and O–H groups in total. The van der Waals surface area contributed by atoms with E-state index in [1.807, 2.05) is 38.1 Å². The van der Waals surface area contributed by atoms with Gasteiger partial charge < -0.3 is 20.3 Å². The van der Waals surface area contributed by atoms with Crippen molar-refractivity contribution in [3.05, 3.63) is 54.1 Å². The average Bonchev–Trinajstić information content (AvgIpc) is 2.63. The lowest BCUT2D eigenvalue weighted by atomic mass is 10.2. The Balaban J connectivity index is 1.90. The number of nitrogens with one attached hydrogen (secondary N) is 2. The van der Waals surface area contributed by atoms with Crippen molar-refractivity contribution in [3.8, 4) is 5.75 Å². The minimum absolute atomic E-state index is 0.0407. The Hall–Kier alpha value is -3.02. The van der Waals surface area contributed by atoms with Crippen molar-refractivity contribution < 1.29 is 14.3 Å². The molecule has 0 aliphatic rings. The van der Waals surface area contributed by atoms with Crippen LogP contribution in [0.1, 0.15) is 19.4 Å². The molecular weight excluding hydrogens is 330 g/mol. The molecule has 0 heterocycles. The van der Waals surface area contributed by atoms with E-state index >= 15 is 0 Å². The van der Waals surface area contributed by atoms with Crippen molar-refractivity contribution in [2.24, 2.45) is 5.92 Å². The zero-order chi connectivity index (χ0) is 19.1. The van der Waals surface area contributed by atoms with Crippen molar-refractivity contribution in [3.63, 3.8) is 0 Å². The Bertz CT molecular complexity index is 740. The predicted octanol–water partition coefficient (Wildman–Crippen LogP) is 3.95. The average molecular weight is 355 g/mol. The quantitative estimate of drug-likeness (QED) is 0.824. The van der Waals surface area contributed by atoms with Crippen molar-refractivity contribution in [1.29, 1.82) is 0 Å². The summed E-state index contributed by atoms with van der Waals surface area (Å²) in [7, 11) is 3.35. The van der Waals surface area contributed by atoms with E-state index in [4.69, 9.17) is 4.74 Å². The highest BCUT2D eigenvalue weighted by Crippen LogP contribution is 2.16. The third-order valence-electron chi connectivity index (χ3n) is 3.85. The molecule has 0 aromatic heterocycles. The maximum atomic E-state index is 12.3. The van der Waals surface area contributed by atoms with Gasteiger partial charge in [-0.3, -0.25) is 4.79 Å².